The highest BCUT2D eigenvalue weighted by Gasteiger charge is 2.05. The van der Waals surface area contributed by atoms with Crippen LogP contribution in [0, 0.1) is 6.92 Å². The quantitative estimate of drug-likeness (QED) is 0.845. The molecule has 0 aliphatic carbocycles. The van der Waals surface area contributed by atoms with E-state index in [1.54, 1.807) is 6.92 Å². The van der Waals surface area contributed by atoms with Crippen molar-refractivity contribution in [2.75, 3.05) is 5.32 Å². The molecular weight excluding hydrogens is 228 g/mol. The van der Waals surface area contributed by atoms with E-state index in [2.05, 4.69) is 32.6 Å². The standard InChI is InChI=1S/C13H16N4O/c1-10-14-13(17-16-10)15-12(18)9-5-8-11-6-3-2-4-7-11/h2-4,6-7H,5,8-9H2,1H3,(H2,14,15,16,17,18). The average Bonchev–Trinajstić information content (AvgIpc) is 2.76. The Morgan fingerprint density at radius 3 is 2.78 bits per heavy atom. The lowest BCUT2D eigenvalue weighted by Crippen LogP contribution is -2.12. The van der Waals surface area contributed by atoms with Gasteiger partial charge in [0.15, 0.2) is 0 Å². The van der Waals surface area contributed by atoms with Gasteiger partial charge in [0.25, 0.3) is 0 Å². The van der Waals surface area contributed by atoms with Crippen LogP contribution in [0.25, 0.3) is 0 Å². The molecule has 0 aliphatic heterocycles. The second-order valence-corrected chi connectivity index (χ2v) is 4.13. The highest BCUT2D eigenvalue weighted by molar-refractivity contribution is 5.88. The zero-order valence-electron chi connectivity index (χ0n) is 10.3. The maximum atomic E-state index is 11.6. The molecule has 2 rings (SSSR count). The zero-order chi connectivity index (χ0) is 12.8. The molecule has 1 amide bonds. The lowest BCUT2D eigenvalue weighted by molar-refractivity contribution is -0.116. The molecule has 0 saturated heterocycles. The molecule has 5 nitrogen and oxygen atoms in total. The first-order valence-electron chi connectivity index (χ1n) is 5.97. The highest BCUT2D eigenvalue weighted by atomic mass is 16.1. The number of aromatic amines is 1. The second kappa shape index (κ2) is 5.95. The number of carbonyl (C=O) groups is 1. The van der Waals surface area contributed by atoms with E-state index >= 15 is 0 Å². The maximum absolute atomic E-state index is 11.6. The van der Waals surface area contributed by atoms with Gasteiger partial charge in [-0.05, 0) is 25.3 Å². The van der Waals surface area contributed by atoms with Crippen molar-refractivity contribution < 1.29 is 4.79 Å². The SMILES string of the molecule is Cc1nc(NC(=O)CCCc2ccccc2)n[nH]1. The number of benzene rings is 1. The lowest BCUT2D eigenvalue weighted by atomic mass is 10.1. The molecule has 0 radical (unpaired) electrons. The topological polar surface area (TPSA) is 70.7 Å². The van der Waals surface area contributed by atoms with Gasteiger partial charge in [-0.3, -0.25) is 15.2 Å². The number of nitrogens with one attached hydrogen (secondary N) is 2. The van der Waals surface area contributed by atoms with Gasteiger partial charge in [0.05, 0.1) is 0 Å². The summed E-state index contributed by atoms with van der Waals surface area (Å²) in [6.45, 7) is 1.79. The third-order valence-electron chi connectivity index (χ3n) is 2.56. The Labute approximate surface area is 106 Å². The summed E-state index contributed by atoms with van der Waals surface area (Å²) in [4.78, 5) is 15.6. The minimum absolute atomic E-state index is 0.0510. The average molecular weight is 244 g/mol. The Bertz CT molecular complexity index is 507. The van der Waals surface area contributed by atoms with Crippen LogP contribution in [0.2, 0.25) is 0 Å². The van der Waals surface area contributed by atoms with Gasteiger partial charge in [-0.15, -0.1) is 5.10 Å². The molecule has 2 N–H and O–H groups in total. The van der Waals surface area contributed by atoms with E-state index in [-0.39, 0.29) is 5.91 Å². The third kappa shape index (κ3) is 3.69. The number of aromatic nitrogens is 3. The summed E-state index contributed by atoms with van der Waals surface area (Å²) in [5, 5.41) is 9.19. The molecule has 2 aromatic rings. The minimum atomic E-state index is -0.0510. The van der Waals surface area contributed by atoms with Crippen molar-refractivity contribution in [3.63, 3.8) is 0 Å². The first-order valence-corrected chi connectivity index (χ1v) is 5.97. The Morgan fingerprint density at radius 2 is 2.11 bits per heavy atom. The number of rotatable bonds is 5. The van der Waals surface area contributed by atoms with Crippen molar-refractivity contribution >= 4 is 11.9 Å². The fraction of sp³-hybridized carbons (Fsp3) is 0.308. The number of amides is 1. The van der Waals surface area contributed by atoms with Gasteiger partial charge in [0.2, 0.25) is 11.9 Å². The largest absolute Gasteiger partial charge is 0.293 e. The van der Waals surface area contributed by atoms with Gasteiger partial charge in [-0.25, -0.2) is 0 Å². The van der Waals surface area contributed by atoms with Crippen molar-refractivity contribution in [1.82, 2.24) is 15.2 Å². The van der Waals surface area contributed by atoms with Gasteiger partial charge in [-0.1, -0.05) is 30.3 Å². The van der Waals surface area contributed by atoms with Crippen LogP contribution in [-0.2, 0) is 11.2 Å². The van der Waals surface area contributed by atoms with Crippen LogP contribution in [0.1, 0.15) is 24.2 Å². The smallest absolute Gasteiger partial charge is 0.248 e. The molecule has 5 heteroatoms. The Kier molecular flexibility index (Phi) is 4.06. The predicted molar refractivity (Wildman–Crippen MR) is 69.1 cm³/mol. The van der Waals surface area contributed by atoms with E-state index in [1.165, 1.54) is 5.56 Å². The monoisotopic (exact) mass is 244 g/mol. The lowest BCUT2D eigenvalue weighted by Gasteiger charge is -2.01. The van der Waals surface area contributed by atoms with E-state index in [4.69, 9.17) is 0 Å². The van der Waals surface area contributed by atoms with Gasteiger partial charge in [0.1, 0.15) is 5.82 Å². The third-order valence-corrected chi connectivity index (χ3v) is 2.56. The molecule has 0 saturated carbocycles. The molecular formula is C13H16N4O. The first kappa shape index (κ1) is 12.3. The van der Waals surface area contributed by atoms with Crippen LogP contribution < -0.4 is 5.32 Å². The van der Waals surface area contributed by atoms with Crippen molar-refractivity contribution in [2.45, 2.75) is 26.2 Å². The van der Waals surface area contributed by atoms with Crippen LogP contribution in [0.3, 0.4) is 0 Å². The van der Waals surface area contributed by atoms with Crippen LogP contribution >= 0.6 is 0 Å². The van der Waals surface area contributed by atoms with Crippen molar-refractivity contribution in [2.24, 2.45) is 0 Å². The van der Waals surface area contributed by atoms with Crippen LogP contribution in [0.5, 0.6) is 0 Å². The highest BCUT2D eigenvalue weighted by Crippen LogP contribution is 2.05. The molecule has 0 unspecified atom stereocenters. The van der Waals surface area contributed by atoms with Gasteiger partial charge < -0.3 is 0 Å². The molecule has 0 spiro atoms. The Balaban J connectivity index is 1.72. The molecule has 1 aromatic carbocycles. The number of nitrogens with zero attached hydrogens (tertiary/aromatic N) is 2. The molecule has 0 fully saturated rings. The summed E-state index contributed by atoms with van der Waals surface area (Å²) in [6, 6.07) is 10.1. The van der Waals surface area contributed by atoms with Gasteiger partial charge in [0, 0.05) is 6.42 Å². The molecule has 18 heavy (non-hydrogen) atoms. The second-order valence-electron chi connectivity index (χ2n) is 4.13. The van der Waals surface area contributed by atoms with Crippen molar-refractivity contribution in [3.8, 4) is 0 Å². The van der Waals surface area contributed by atoms with E-state index in [0.29, 0.717) is 18.2 Å². The van der Waals surface area contributed by atoms with E-state index in [9.17, 15) is 4.79 Å². The van der Waals surface area contributed by atoms with E-state index in [0.717, 1.165) is 12.8 Å². The fourth-order valence-electron chi connectivity index (χ4n) is 1.68. The summed E-state index contributed by atoms with van der Waals surface area (Å²) < 4.78 is 0. The number of H-pyrrole nitrogens is 1. The molecule has 1 heterocycles. The number of carbonyl (C=O) groups excluding carboxylic acids is 1. The number of hydrogen-bond donors (Lipinski definition) is 2. The maximum Gasteiger partial charge on any atom is 0.248 e. The molecule has 94 valence electrons. The number of aryl methyl sites for hydroxylation is 2. The normalized spacial score (nSPS) is 10.3. The summed E-state index contributed by atoms with van der Waals surface area (Å²) in [6.07, 6.45) is 2.20. The van der Waals surface area contributed by atoms with Crippen LogP contribution in [0.15, 0.2) is 30.3 Å². The van der Waals surface area contributed by atoms with Crippen LogP contribution in [0.4, 0.5) is 5.95 Å². The summed E-state index contributed by atoms with van der Waals surface area (Å²) in [7, 11) is 0. The van der Waals surface area contributed by atoms with Crippen molar-refractivity contribution in [3.05, 3.63) is 41.7 Å². The Morgan fingerprint density at radius 1 is 1.33 bits per heavy atom. The van der Waals surface area contributed by atoms with E-state index < -0.39 is 0 Å². The minimum Gasteiger partial charge on any atom is -0.293 e. The van der Waals surface area contributed by atoms with E-state index in [1.807, 2.05) is 18.2 Å². The summed E-state index contributed by atoms with van der Waals surface area (Å²) in [5.74, 6) is 0.983. The zero-order valence-corrected chi connectivity index (χ0v) is 10.3. The van der Waals surface area contributed by atoms with Gasteiger partial charge >= 0.3 is 0 Å². The van der Waals surface area contributed by atoms with Crippen molar-refractivity contribution in [1.29, 1.82) is 0 Å². The number of hydrogen-bond acceptors (Lipinski definition) is 3. The first-order chi connectivity index (χ1) is 8.74. The fourth-order valence-corrected chi connectivity index (χ4v) is 1.68. The van der Waals surface area contributed by atoms with Gasteiger partial charge in [-0.2, -0.15) is 4.98 Å². The molecule has 1 aromatic heterocycles. The molecule has 0 bridgehead atoms. The summed E-state index contributed by atoms with van der Waals surface area (Å²) in [5.41, 5.74) is 1.25. The predicted octanol–water partition coefficient (Wildman–Crippen LogP) is 2.07. The Hall–Kier alpha value is -2.17. The molecule has 0 atom stereocenters. The number of anilines is 1. The molecule has 0 aliphatic rings. The van der Waals surface area contributed by atoms with Crippen LogP contribution in [-0.4, -0.2) is 21.1 Å². The summed E-state index contributed by atoms with van der Waals surface area (Å²) >= 11 is 0.